The van der Waals surface area contributed by atoms with Gasteiger partial charge in [-0.05, 0) is 28.7 Å². The second kappa shape index (κ2) is 5.13. The molecule has 7 heteroatoms. The molecule has 0 aliphatic carbocycles. The Morgan fingerprint density at radius 3 is 2.94 bits per heavy atom. The van der Waals surface area contributed by atoms with Crippen LogP contribution in [-0.4, -0.2) is 14.9 Å². The van der Waals surface area contributed by atoms with Gasteiger partial charge in [-0.2, -0.15) is 0 Å². The number of non-ortho nitro benzene ring substituents is 1. The average molecular weight is 344 g/mol. The number of hydrogen-bond donors (Lipinski definition) is 2. The monoisotopic (exact) mass is 344 g/mol. The van der Waals surface area contributed by atoms with E-state index in [0.29, 0.717) is 6.54 Å². The van der Waals surface area contributed by atoms with Gasteiger partial charge in [0.15, 0.2) is 0 Å². The number of nitrogens with one attached hydrogen (secondary N) is 2. The zero-order chi connectivity index (χ0) is 12.3. The largest absolute Gasteiger partial charge is 0.379 e. The van der Waals surface area contributed by atoms with Gasteiger partial charge < -0.3 is 10.3 Å². The first kappa shape index (κ1) is 11.8. The molecule has 0 bridgehead atoms. The molecule has 1 heterocycles. The lowest BCUT2D eigenvalue weighted by Crippen LogP contribution is -2.01. The Hall–Kier alpha value is -1.64. The van der Waals surface area contributed by atoms with Gasteiger partial charge in [0.05, 0.1) is 23.5 Å². The van der Waals surface area contributed by atoms with Crippen molar-refractivity contribution in [1.82, 2.24) is 9.97 Å². The van der Waals surface area contributed by atoms with Crippen LogP contribution in [0.2, 0.25) is 0 Å². The summed E-state index contributed by atoms with van der Waals surface area (Å²) in [6, 6.07) is 4.73. The van der Waals surface area contributed by atoms with Crippen LogP contribution in [0.4, 0.5) is 11.4 Å². The molecule has 0 spiro atoms. The number of halogens is 1. The molecule has 1 aromatic carbocycles. The third-order valence-electron chi connectivity index (χ3n) is 2.19. The number of nitro groups is 1. The minimum atomic E-state index is -0.402. The molecule has 0 saturated carbocycles. The van der Waals surface area contributed by atoms with Gasteiger partial charge in [-0.3, -0.25) is 10.1 Å². The molecule has 0 fully saturated rings. The molecule has 2 aromatic rings. The highest BCUT2D eigenvalue weighted by Gasteiger charge is 2.08. The fourth-order valence-corrected chi connectivity index (χ4v) is 2.02. The zero-order valence-electron chi connectivity index (χ0n) is 8.68. The molecule has 0 saturated heterocycles. The lowest BCUT2D eigenvalue weighted by Gasteiger charge is -2.06. The molecule has 1 aromatic heterocycles. The van der Waals surface area contributed by atoms with Gasteiger partial charge in [-0.1, -0.05) is 0 Å². The number of aromatic nitrogens is 2. The number of H-pyrrole nitrogens is 1. The summed E-state index contributed by atoms with van der Waals surface area (Å²) < 4.78 is 0.816. The van der Waals surface area contributed by atoms with E-state index in [1.807, 2.05) is 0 Å². The van der Waals surface area contributed by atoms with Crippen molar-refractivity contribution in [2.75, 3.05) is 5.32 Å². The molecule has 17 heavy (non-hydrogen) atoms. The highest BCUT2D eigenvalue weighted by atomic mass is 127. The van der Waals surface area contributed by atoms with Gasteiger partial charge in [-0.25, -0.2) is 4.98 Å². The van der Waals surface area contributed by atoms with Crippen LogP contribution >= 0.6 is 22.6 Å². The normalized spacial score (nSPS) is 10.2. The highest BCUT2D eigenvalue weighted by Crippen LogP contribution is 2.23. The number of rotatable bonds is 4. The highest BCUT2D eigenvalue weighted by molar-refractivity contribution is 14.1. The SMILES string of the molecule is O=[N+]([O-])c1ccc(NCc2cnc[nH]2)c(I)c1. The quantitative estimate of drug-likeness (QED) is 0.507. The second-order valence-electron chi connectivity index (χ2n) is 3.35. The average Bonchev–Trinajstić information content (AvgIpc) is 2.80. The molecular weight excluding hydrogens is 335 g/mol. The van der Waals surface area contributed by atoms with Crippen molar-refractivity contribution in [2.24, 2.45) is 0 Å². The number of aromatic amines is 1. The number of imidazole rings is 1. The van der Waals surface area contributed by atoms with Gasteiger partial charge in [0, 0.05) is 27.6 Å². The molecule has 6 nitrogen and oxygen atoms in total. The lowest BCUT2D eigenvalue weighted by atomic mass is 10.3. The van der Waals surface area contributed by atoms with Crippen LogP contribution in [0.3, 0.4) is 0 Å². The van der Waals surface area contributed by atoms with Crippen molar-refractivity contribution in [1.29, 1.82) is 0 Å². The van der Waals surface area contributed by atoms with Crippen LogP contribution in [-0.2, 0) is 6.54 Å². The summed E-state index contributed by atoms with van der Waals surface area (Å²) in [5.41, 5.74) is 1.92. The van der Waals surface area contributed by atoms with Gasteiger partial charge in [0.2, 0.25) is 0 Å². The summed E-state index contributed by atoms with van der Waals surface area (Å²) in [5, 5.41) is 13.8. The number of nitrogens with zero attached hydrogens (tertiary/aromatic N) is 2. The smallest absolute Gasteiger partial charge is 0.270 e. The molecule has 0 radical (unpaired) electrons. The Balaban J connectivity index is 2.09. The van der Waals surface area contributed by atoms with Gasteiger partial charge in [0.1, 0.15) is 0 Å². The number of nitro benzene ring substituents is 1. The van der Waals surface area contributed by atoms with E-state index in [2.05, 4.69) is 37.9 Å². The molecule has 0 aliphatic heterocycles. The van der Waals surface area contributed by atoms with Crippen molar-refractivity contribution >= 4 is 34.0 Å². The first-order valence-electron chi connectivity index (χ1n) is 4.82. The lowest BCUT2D eigenvalue weighted by molar-refractivity contribution is -0.384. The van der Waals surface area contributed by atoms with Crippen LogP contribution in [0.5, 0.6) is 0 Å². The minimum absolute atomic E-state index is 0.0986. The third-order valence-corrected chi connectivity index (χ3v) is 3.08. The maximum absolute atomic E-state index is 10.6. The predicted molar refractivity (Wildman–Crippen MR) is 71.7 cm³/mol. The van der Waals surface area contributed by atoms with E-state index in [9.17, 15) is 10.1 Å². The van der Waals surface area contributed by atoms with E-state index in [1.54, 1.807) is 18.6 Å². The fraction of sp³-hybridized carbons (Fsp3) is 0.100. The van der Waals surface area contributed by atoms with E-state index in [4.69, 9.17) is 0 Å². The minimum Gasteiger partial charge on any atom is -0.379 e. The third kappa shape index (κ3) is 2.93. The van der Waals surface area contributed by atoms with Crippen LogP contribution in [0, 0.1) is 13.7 Å². The zero-order valence-corrected chi connectivity index (χ0v) is 10.8. The van der Waals surface area contributed by atoms with Gasteiger partial charge in [0.25, 0.3) is 5.69 Å². The summed E-state index contributed by atoms with van der Waals surface area (Å²) in [6.45, 7) is 0.605. The summed E-state index contributed by atoms with van der Waals surface area (Å²) in [7, 11) is 0. The maximum atomic E-state index is 10.6. The molecule has 2 rings (SSSR count). The van der Waals surface area contributed by atoms with E-state index in [-0.39, 0.29) is 5.69 Å². The Kier molecular flexibility index (Phi) is 3.57. The molecule has 0 atom stereocenters. The van der Waals surface area contributed by atoms with E-state index >= 15 is 0 Å². The summed E-state index contributed by atoms with van der Waals surface area (Å²) in [4.78, 5) is 17.1. The van der Waals surface area contributed by atoms with Gasteiger partial charge >= 0.3 is 0 Å². The molecule has 2 N–H and O–H groups in total. The summed E-state index contributed by atoms with van der Waals surface area (Å²) in [5.74, 6) is 0. The van der Waals surface area contributed by atoms with E-state index in [1.165, 1.54) is 12.1 Å². The van der Waals surface area contributed by atoms with E-state index in [0.717, 1.165) is 15.0 Å². The Bertz CT molecular complexity index is 527. The van der Waals surface area contributed by atoms with Crippen LogP contribution in [0.1, 0.15) is 5.69 Å². The fourth-order valence-electron chi connectivity index (χ4n) is 1.33. The second-order valence-corrected chi connectivity index (χ2v) is 4.51. The number of hydrogen-bond acceptors (Lipinski definition) is 4. The van der Waals surface area contributed by atoms with Crippen molar-refractivity contribution in [3.8, 4) is 0 Å². The van der Waals surface area contributed by atoms with Gasteiger partial charge in [-0.15, -0.1) is 0 Å². The number of benzene rings is 1. The van der Waals surface area contributed by atoms with Crippen molar-refractivity contribution < 1.29 is 4.92 Å². The van der Waals surface area contributed by atoms with E-state index < -0.39 is 4.92 Å². The van der Waals surface area contributed by atoms with Crippen LogP contribution < -0.4 is 5.32 Å². The summed E-state index contributed by atoms with van der Waals surface area (Å²) >= 11 is 2.07. The molecule has 0 aliphatic rings. The molecule has 88 valence electrons. The predicted octanol–water partition coefficient (Wildman–Crippen LogP) is 2.53. The molecular formula is C10H9IN4O2. The molecule has 0 amide bonds. The first-order chi connectivity index (χ1) is 8.16. The first-order valence-corrected chi connectivity index (χ1v) is 5.90. The number of anilines is 1. The van der Waals surface area contributed by atoms with Crippen molar-refractivity contribution in [3.05, 3.63) is 50.1 Å². The van der Waals surface area contributed by atoms with Crippen LogP contribution in [0.25, 0.3) is 0 Å². The Morgan fingerprint density at radius 2 is 2.35 bits per heavy atom. The maximum Gasteiger partial charge on any atom is 0.270 e. The van der Waals surface area contributed by atoms with Crippen LogP contribution in [0.15, 0.2) is 30.7 Å². The molecule has 0 unspecified atom stereocenters. The topological polar surface area (TPSA) is 83.8 Å². The van der Waals surface area contributed by atoms with Crippen molar-refractivity contribution in [2.45, 2.75) is 6.54 Å². The summed E-state index contributed by atoms with van der Waals surface area (Å²) in [6.07, 6.45) is 3.34. The standard InChI is InChI=1S/C10H9IN4O2/c11-9-3-8(15(16)17)1-2-10(9)13-5-7-4-12-6-14-7/h1-4,6,13H,5H2,(H,12,14). The Morgan fingerprint density at radius 1 is 1.53 bits per heavy atom. The van der Waals surface area contributed by atoms with Crippen molar-refractivity contribution in [3.63, 3.8) is 0 Å². The Labute approximate surface area is 111 Å².